The van der Waals surface area contributed by atoms with Gasteiger partial charge in [0.15, 0.2) is 22.8 Å². The number of ether oxygens (including phenoxy) is 5. The molecule has 0 amide bonds. The van der Waals surface area contributed by atoms with Crippen LogP contribution in [0, 0.1) is 0 Å². The first-order valence-corrected chi connectivity index (χ1v) is 8.38. The summed E-state index contributed by atoms with van der Waals surface area (Å²) in [6.07, 6.45) is 0. The molecule has 0 aliphatic carbocycles. The van der Waals surface area contributed by atoms with Crippen molar-refractivity contribution < 1.29 is 47.2 Å². The van der Waals surface area contributed by atoms with Crippen molar-refractivity contribution in [3.05, 3.63) is 33.9 Å². The van der Waals surface area contributed by atoms with Crippen LogP contribution in [0.2, 0.25) is 0 Å². The second-order valence-electron chi connectivity index (χ2n) is 5.98. The average Bonchev–Trinajstić information content (AvgIpc) is 3.37. The maximum Gasteiger partial charge on any atom is 0.519 e. The fraction of sp³-hybridized carbons (Fsp3) is 0.211. The Bertz CT molecular complexity index is 1250. The molecule has 3 aromatic rings. The lowest BCUT2D eigenvalue weighted by atomic mass is 9.92. The molecule has 11 heteroatoms. The summed E-state index contributed by atoms with van der Waals surface area (Å²) >= 11 is 0. The number of hydrogen-bond acceptors (Lipinski definition) is 10. The van der Waals surface area contributed by atoms with Crippen molar-refractivity contribution in [3.8, 4) is 34.1 Å². The molecule has 0 atom stereocenters. The highest BCUT2D eigenvalue weighted by molar-refractivity contribution is 6.12. The Labute approximate surface area is 167 Å². The van der Waals surface area contributed by atoms with E-state index in [1.807, 2.05) is 0 Å². The molecule has 2 heterocycles. The van der Waals surface area contributed by atoms with E-state index >= 15 is 0 Å². The van der Waals surface area contributed by atoms with Gasteiger partial charge in [-0.25, -0.2) is 14.4 Å². The first-order valence-electron chi connectivity index (χ1n) is 8.38. The summed E-state index contributed by atoms with van der Waals surface area (Å²) in [4.78, 5) is 36.5. The van der Waals surface area contributed by atoms with E-state index in [4.69, 9.17) is 32.5 Å². The van der Waals surface area contributed by atoms with E-state index in [0.717, 1.165) is 13.2 Å². The van der Waals surface area contributed by atoms with Gasteiger partial charge < -0.3 is 37.6 Å². The van der Waals surface area contributed by atoms with E-state index in [1.165, 1.54) is 20.3 Å². The van der Waals surface area contributed by atoms with E-state index < -0.39 is 17.8 Å². The predicted molar refractivity (Wildman–Crippen MR) is 97.7 cm³/mol. The molecule has 0 fully saturated rings. The average molecular weight is 418 g/mol. The number of carbonyl (C=O) groups excluding carboxylic acids is 1. The lowest BCUT2D eigenvalue weighted by Gasteiger charge is -2.16. The van der Waals surface area contributed by atoms with Crippen LogP contribution in [0.3, 0.4) is 0 Å². The lowest BCUT2D eigenvalue weighted by Crippen LogP contribution is -2.08. The SMILES string of the molecule is COC(=O)c1cc(OC)c2c(c1-c1c(C(=O)O)cc(OC)c3oc(=O)oc13)OCO2. The number of methoxy groups -OCH3 is 3. The standard InChI is InChI=1S/C19H14O11/c1-24-9-5-8(18(22)26-3)12(15-13(9)27-6-28-15)11-7(17(20)21)4-10(25-2)14-16(11)30-19(23)29-14/h4-5H,6H2,1-3H3,(H,20,21). The van der Waals surface area contributed by atoms with Gasteiger partial charge in [0.25, 0.3) is 0 Å². The van der Waals surface area contributed by atoms with Crippen LogP contribution >= 0.6 is 0 Å². The summed E-state index contributed by atoms with van der Waals surface area (Å²) < 4.78 is 36.3. The molecule has 0 bridgehead atoms. The summed E-state index contributed by atoms with van der Waals surface area (Å²) in [7, 11) is 3.79. The van der Waals surface area contributed by atoms with Crippen LogP contribution < -0.4 is 24.8 Å². The fourth-order valence-electron chi connectivity index (χ4n) is 3.28. The monoisotopic (exact) mass is 418 g/mol. The molecular weight excluding hydrogens is 404 g/mol. The number of rotatable bonds is 5. The molecule has 11 nitrogen and oxygen atoms in total. The molecule has 1 aliphatic heterocycles. The number of carboxylic acids is 1. The van der Waals surface area contributed by atoms with E-state index in [9.17, 15) is 19.5 Å². The van der Waals surface area contributed by atoms with Gasteiger partial charge in [-0.15, -0.1) is 0 Å². The van der Waals surface area contributed by atoms with Crippen molar-refractivity contribution in [2.45, 2.75) is 0 Å². The van der Waals surface area contributed by atoms with Crippen molar-refractivity contribution in [2.75, 3.05) is 28.1 Å². The van der Waals surface area contributed by atoms with Crippen molar-refractivity contribution in [1.29, 1.82) is 0 Å². The molecule has 0 spiro atoms. The van der Waals surface area contributed by atoms with E-state index in [-0.39, 0.29) is 63.2 Å². The normalized spacial score (nSPS) is 12.1. The number of fused-ring (bicyclic) bond motifs is 2. The molecule has 0 saturated heterocycles. The summed E-state index contributed by atoms with van der Waals surface area (Å²) in [5.41, 5.74) is -0.987. The zero-order chi connectivity index (χ0) is 21.6. The van der Waals surface area contributed by atoms with Gasteiger partial charge in [-0.1, -0.05) is 0 Å². The van der Waals surface area contributed by atoms with E-state index in [0.29, 0.717) is 0 Å². The summed E-state index contributed by atoms with van der Waals surface area (Å²) in [6.45, 7) is -0.208. The van der Waals surface area contributed by atoms with Gasteiger partial charge in [-0.2, -0.15) is 0 Å². The first-order chi connectivity index (χ1) is 14.4. The van der Waals surface area contributed by atoms with Crippen LogP contribution in [-0.4, -0.2) is 45.2 Å². The maximum absolute atomic E-state index is 12.6. The Morgan fingerprint density at radius 2 is 1.53 bits per heavy atom. The van der Waals surface area contributed by atoms with Gasteiger partial charge in [0.05, 0.1) is 32.5 Å². The molecule has 30 heavy (non-hydrogen) atoms. The second kappa shape index (κ2) is 7.03. The minimum atomic E-state index is -1.38. The molecule has 2 aromatic carbocycles. The molecule has 156 valence electrons. The van der Waals surface area contributed by atoms with Crippen molar-refractivity contribution in [2.24, 2.45) is 0 Å². The van der Waals surface area contributed by atoms with E-state index in [2.05, 4.69) is 0 Å². The number of aromatic carboxylic acids is 1. The smallest absolute Gasteiger partial charge is 0.493 e. The Kier molecular flexibility index (Phi) is 4.49. The van der Waals surface area contributed by atoms with Crippen LogP contribution in [0.4, 0.5) is 0 Å². The zero-order valence-corrected chi connectivity index (χ0v) is 15.9. The number of esters is 1. The van der Waals surface area contributed by atoms with Gasteiger partial charge >= 0.3 is 17.8 Å². The largest absolute Gasteiger partial charge is 0.519 e. The highest BCUT2D eigenvalue weighted by Gasteiger charge is 2.35. The van der Waals surface area contributed by atoms with Crippen LogP contribution in [-0.2, 0) is 4.74 Å². The Hall–Kier alpha value is -4.15. The molecule has 1 N–H and O–H groups in total. The molecule has 0 saturated carbocycles. The highest BCUT2D eigenvalue weighted by atomic mass is 16.7. The van der Waals surface area contributed by atoms with E-state index in [1.54, 1.807) is 0 Å². The molecular formula is C19H14O11. The molecule has 1 aliphatic rings. The lowest BCUT2D eigenvalue weighted by molar-refractivity contribution is 0.0599. The molecule has 0 unspecified atom stereocenters. The van der Waals surface area contributed by atoms with Gasteiger partial charge in [0.1, 0.15) is 0 Å². The third-order valence-electron chi connectivity index (χ3n) is 4.51. The second-order valence-corrected chi connectivity index (χ2v) is 5.98. The third kappa shape index (κ3) is 2.70. The van der Waals surface area contributed by atoms with Crippen LogP contribution in [0.25, 0.3) is 22.3 Å². The number of carboxylic acid groups (broad SMARTS) is 1. The highest BCUT2D eigenvalue weighted by Crippen LogP contribution is 2.52. The summed E-state index contributed by atoms with van der Waals surface area (Å²) in [5, 5.41) is 9.83. The van der Waals surface area contributed by atoms with Gasteiger partial charge in [-0.05, 0) is 12.1 Å². The minimum absolute atomic E-state index is 0.0209. The first kappa shape index (κ1) is 19.2. The van der Waals surface area contributed by atoms with Crippen molar-refractivity contribution >= 4 is 23.1 Å². The van der Waals surface area contributed by atoms with Crippen molar-refractivity contribution in [1.82, 2.24) is 0 Å². The summed E-state index contributed by atoms with van der Waals surface area (Å²) in [5.74, 6) is -2.99. The van der Waals surface area contributed by atoms with Crippen LogP contribution in [0.1, 0.15) is 20.7 Å². The Morgan fingerprint density at radius 1 is 0.900 bits per heavy atom. The van der Waals surface area contributed by atoms with Crippen molar-refractivity contribution in [3.63, 3.8) is 0 Å². The molecule has 4 rings (SSSR count). The zero-order valence-electron chi connectivity index (χ0n) is 15.9. The predicted octanol–water partition coefficient (Wildman–Crippen LogP) is 2.28. The Morgan fingerprint density at radius 3 is 2.17 bits per heavy atom. The maximum atomic E-state index is 12.6. The quantitative estimate of drug-likeness (QED) is 0.609. The number of benzene rings is 2. The molecule has 0 radical (unpaired) electrons. The third-order valence-corrected chi connectivity index (χ3v) is 4.51. The van der Waals surface area contributed by atoms with Gasteiger partial charge in [0, 0.05) is 11.1 Å². The summed E-state index contributed by atoms with van der Waals surface area (Å²) in [6, 6.07) is 2.46. The number of carbonyl (C=O) groups is 2. The van der Waals surface area contributed by atoms with Gasteiger partial charge in [0.2, 0.25) is 18.1 Å². The minimum Gasteiger partial charge on any atom is -0.493 e. The van der Waals surface area contributed by atoms with Gasteiger partial charge in [-0.3, -0.25) is 0 Å². The topological polar surface area (TPSA) is 144 Å². The molecule has 1 aromatic heterocycles. The van der Waals surface area contributed by atoms with Crippen LogP contribution in [0.15, 0.2) is 25.8 Å². The van der Waals surface area contributed by atoms with Crippen LogP contribution in [0.5, 0.6) is 23.0 Å². The number of hydrogen-bond donors (Lipinski definition) is 1. The fourth-order valence-corrected chi connectivity index (χ4v) is 3.28. The Balaban J connectivity index is 2.22.